The third-order valence-corrected chi connectivity index (χ3v) is 3.38. The molecule has 0 saturated heterocycles. The highest BCUT2D eigenvalue weighted by molar-refractivity contribution is 9.10. The lowest BCUT2D eigenvalue weighted by molar-refractivity contribution is -0.117. The molecule has 0 aliphatic heterocycles. The summed E-state index contributed by atoms with van der Waals surface area (Å²) in [5, 5.41) is 5.42. The van der Waals surface area contributed by atoms with Gasteiger partial charge in [-0.15, -0.1) is 0 Å². The number of nitrogens with one attached hydrogen (secondary N) is 2. The fraction of sp³-hybridized carbons (Fsp3) is 0.188. The van der Waals surface area contributed by atoms with Gasteiger partial charge in [0.05, 0.1) is 13.0 Å². The number of rotatable bonds is 6. The van der Waals surface area contributed by atoms with Crippen LogP contribution in [-0.2, 0) is 9.53 Å². The SMILES string of the molecule is COCCC(=O)Nc1cccc(C(=O)Nc2ccc(Br)cn2)c1. The van der Waals surface area contributed by atoms with E-state index in [4.69, 9.17) is 4.74 Å². The Bertz CT molecular complexity index is 689. The number of carbonyl (C=O) groups is 2. The zero-order chi connectivity index (χ0) is 16.7. The highest BCUT2D eigenvalue weighted by atomic mass is 79.9. The Morgan fingerprint density at radius 1 is 1.22 bits per heavy atom. The number of amides is 2. The van der Waals surface area contributed by atoms with Crippen molar-refractivity contribution < 1.29 is 14.3 Å². The second-order valence-corrected chi connectivity index (χ2v) is 5.60. The minimum absolute atomic E-state index is 0.168. The number of hydrogen-bond acceptors (Lipinski definition) is 4. The van der Waals surface area contributed by atoms with E-state index in [2.05, 4.69) is 31.5 Å². The molecule has 0 fully saturated rings. The zero-order valence-corrected chi connectivity index (χ0v) is 14.1. The Morgan fingerprint density at radius 3 is 2.74 bits per heavy atom. The van der Waals surface area contributed by atoms with E-state index in [0.29, 0.717) is 23.7 Å². The number of methoxy groups -OCH3 is 1. The van der Waals surface area contributed by atoms with Crippen molar-refractivity contribution in [1.82, 2.24) is 4.98 Å². The first-order chi connectivity index (χ1) is 11.1. The first-order valence-electron chi connectivity index (χ1n) is 6.90. The molecule has 0 aliphatic rings. The summed E-state index contributed by atoms with van der Waals surface area (Å²) in [5.74, 6) is -0.0143. The molecule has 23 heavy (non-hydrogen) atoms. The van der Waals surface area contributed by atoms with Crippen LogP contribution in [0.15, 0.2) is 47.1 Å². The fourth-order valence-electron chi connectivity index (χ4n) is 1.79. The third-order valence-electron chi connectivity index (χ3n) is 2.91. The van der Waals surface area contributed by atoms with Crippen molar-refractivity contribution in [3.05, 3.63) is 52.6 Å². The summed E-state index contributed by atoms with van der Waals surface area (Å²) in [4.78, 5) is 28.0. The standard InChI is InChI=1S/C16H16BrN3O3/c1-23-8-7-15(21)19-13-4-2-3-11(9-13)16(22)20-14-6-5-12(17)10-18-14/h2-6,9-10H,7-8H2,1H3,(H,19,21)(H,18,20,22). The Labute approximate surface area is 142 Å². The maximum atomic E-state index is 12.2. The second-order valence-electron chi connectivity index (χ2n) is 4.69. The first-order valence-corrected chi connectivity index (χ1v) is 7.69. The minimum Gasteiger partial charge on any atom is -0.384 e. The van der Waals surface area contributed by atoms with Crippen LogP contribution in [0.5, 0.6) is 0 Å². The molecule has 0 radical (unpaired) electrons. The summed E-state index contributed by atoms with van der Waals surface area (Å²) in [6.45, 7) is 0.348. The number of halogens is 1. The van der Waals surface area contributed by atoms with Crippen LogP contribution in [0.4, 0.5) is 11.5 Å². The number of anilines is 2. The molecule has 0 spiro atoms. The number of hydrogen-bond donors (Lipinski definition) is 2. The van der Waals surface area contributed by atoms with Gasteiger partial charge in [-0.05, 0) is 46.3 Å². The van der Waals surface area contributed by atoms with Crippen molar-refractivity contribution in [3.8, 4) is 0 Å². The Kier molecular flexibility index (Phi) is 6.25. The van der Waals surface area contributed by atoms with E-state index in [0.717, 1.165) is 4.47 Å². The minimum atomic E-state index is -0.298. The molecular formula is C16H16BrN3O3. The maximum absolute atomic E-state index is 12.2. The third kappa shape index (κ3) is 5.46. The summed E-state index contributed by atoms with van der Waals surface area (Å²) >= 11 is 3.28. The fourth-order valence-corrected chi connectivity index (χ4v) is 2.03. The van der Waals surface area contributed by atoms with Crippen LogP contribution in [0.25, 0.3) is 0 Å². The number of benzene rings is 1. The van der Waals surface area contributed by atoms with Gasteiger partial charge in [-0.25, -0.2) is 4.98 Å². The molecule has 0 bridgehead atoms. The van der Waals surface area contributed by atoms with E-state index in [1.807, 2.05) is 0 Å². The molecule has 6 nitrogen and oxygen atoms in total. The highest BCUT2D eigenvalue weighted by Gasteiger charge is 2.09. The van der Waals surface area contributed by atoms with Crippen LogP contribution < -0.4 is 10.6 Å². The van der Waals surface area contributed by atoms with E-state index in [1.165, 1.54) is 7.11 Å². The van der Waals surface area contributed by atoms with Crippen molar-refractivity contribution in [2.75, 3.05) is 24.4 Å². The molecule has 2 aromatic rings. The molecule has 120 valence electrons. The van der Waals surface area contributed by atoms with Gasteiger partial charge in [0.1, 0.15) is 5.82 Å². The molecule has 0 unspecified atom stereocenters. The molecule has 2 rings (SSSR count). The number of aromatic nitrogens is 1. The van der Waals surface area contributed by atoms with Crippen molar-refractivity contribution in [1.29, 1.82) is 0 Å². The second kappa shape index (κ2) is 8.40. The molecule has 1 aromatic carbocycles. The van der Waals surface area contributed by atoms with Crippen LogP contribution in [-0.4, -0.2) is 30.5 Å². The number of ether oxygens (including phenoxy) is 1. The van der Waals surface area contributed by atoms with Gasteiger partial charge in [-0.1, -0.05) is 6.07 Å². The molecule has 7 heteroatoms. The normalized spacial score (nSPS) is 10.2. The molecular weight excluding hydrogens is 362 g/mol. The highest BCUT2D eigenvalue weighted by Crippen LogP contribution is 2.14. The van der Waals surface area contributed by atoms with Crippen LogP contribution in [0.1, 0.15) is 16.8 Å². The van der Waals surface area contributed by atoms with Gasteiger partial charge in [0, 0.05) is 29.0 Å². The Balaban J connectivity index is 2.02. The van der Waals surface area contributed by atoms with Crippen LogP contribution >= 0.6 is 15.9 Å². The molecule has 0 saturated carbocycles. The zero-order valence-electron chi connectivity index (χ0n) is 12.5. The molecule has 1 heterocycles. The molecule has 0 atom stereocenters. The first kappa shape index (κ1) is 17.1. The summed E-state index contributed by atoms with van der Waals surface area (Å²) in [6, 6.07) is 10.2. The number of pyridine rings is 1. The van der Waals surface area contributed by atoms with Crippen molar-refractivity contribution >= 4 is 39.2 Å². The smallest absolute Gasteiger partial charge is 0.256 e. The van der Waals surface area contributed by atoms with Gasteiger partial charge >= 0.3 is 0 Å². The molecule has 0 aliphatic carbocycles. The lowest BCUT2D eigenvalue weighted by Crippen LogP contribution is -2.15. The molecule has 2 N–H and O–H groups in total. The van der Waals surface area contributed by atoms with E-state index < -0.39 is 0 Å². The van der Waals surface area contributed by atoms with Crippen LogP contribution in [0, 0.1) is 0 Å². The lowest BCUT2D eigenvalue weighted by atomic mass is 10.2. The van der Waals surface area contributed by atoms with E-state index >= 15 is 0 Å². The average molecular weight is 378 g/mol. The summed E-state index contributed by atoms with van der Waals surface area (Å²) in [7, 11) is 1.54. The van der Waals surface area contributed by atoms with E-state index in [-0.39, 0.29) is 18.2 Å². The predicted molar refractivity (Wildman–Crippen MR) is 91.5 cm³/mol. The van der Waals surface area contributed by atoms with Gasteiger partial charge in [0.25, 0.3) is 5.91 Å². The predicted octanol–water partition coefficient (Wildman–Crippen LogP) is 3.07. The summed E-state index contributed by atoms with van der Waals surface area (Å²) in [6.07, 6.45) is 1.86. The number of carbonyl (C=O) groups excluding carboxylic acids is 2. The largest absolute Gasteiger partial charge is 0.384 e. The van der Waals surface area contributed by atoms with Crippen molar-refractivity contribution in [2.24, 2.45) is 0 Å². The van der Waals surface area contributed by atoms with Crippen molar-refractivity contribution in [2.45, 2.75) is 6.42 Å². The van der Waals surface area contributed by atoms with Crippen LogP contribution in [0.2, 0.25) is 0 Å². The summed E-state index contributed by atoms with van der Waals surface area (Å²) < 4.78 is 5.68. The van der Waals surface area contributed by atoms with Crippen LogP contribution in [0.3, 0.4) is 0 Å². The van der Waals surface area contributed by atoms with Gasteiger partial charge < -0.3 is 15.4 Å². The summed E-state index contributed by atoms with van der Waals surface area (Å²) in [5.41, 5.74) is 0.988. The molecule has 1 aromatic heterocycles. The Hall–Kier alpha value is -2.25. The Morgan fingerprint density at radius 2 is 2.04 bits per heavy atom. The average Bonchev–Trinajstić information content (AvgIpc) is 2.55. The maximum Gasteiger partial charge on any atom is 0.256 e. The monoisotopic (exact) mass is 377 g/mol. The van der Waals surface area contributed by atoms with Gasteiger partial charge in [-0.2, -0.15) is 0 Å². The van der Waals surface area contributed by atoms with E-state index in [1.54, 1.807) is 42.6 Å². The van der Waals surface area contributed by atoms with Crippen molar-refractivity contribution in [3.63, 3.8) is 0 Å². The van der Waals surface area contributed by atoms with Gasteiger partial charge in [0.15, 0.2) is 0 Å². The number of nitrogens with zero attached hydrogens (tertiary/aromatic N) is 1. The molecule has 2 amide bonds. The van der Waals surface area contributed by atoms with Gasteiger partial charge in [0.2, 0.25) is 5.91 Å². The quantitative estimate of drug-likeness (QED) is 0.810. The van der Waals surface area contributed by atoms with E-state index in [9.17, 15) is 9.59 Å². The topological polar surface area (TPSA) is 80.3 Å². The van der Waals surface area contributed by atoms with Gasteiger partial charge in [-0.3, -0.25) is 9.59 Å². The lowest BCUT2D eigenvalue weighted by Gasteiger charge is -2.08.